The molecule has 0 nitrogen and oxygen atoms in total. The zero-order valence-electron chi connectivity index (χ0n) is 9.84. The van der Waals surface area contributed by atoms with E-state index in [-0.39, 0.29) is 0 Å². The lowest BCUT2D eigenvalue weighted by atomic mass is 10.1. The molecule has 2 saturated heterocycles. The Bertz CT molecular complexity index is 189. The lowest BCUT2D eigenvalue weighted by Gasteiger charge is -2.36. The van der Waals surface area contributed by atoms with Gasteiger partial charge in [-0.15, -0.1) is 8.58 Å². The third-order valence-electron chi connectivity index (χ3n) is 3.72. The average molecular weight is 230 g/mol. The normalized spacial score (nSPS) is 40.9. The van der Waals surface area contributed by atoms with Gasteiger partial charge < -0.3 is 0 Å². The number of hydrogen-bond acceptors (Lipinski definition) is 0. The molecule has 0 amide bonds. The molecular weight excluding hydrogens is 206 g/mol. The van der Waals surface area contributed by atoms with E-state index in [1.807, 2.05) is 0 Å². The van der Waals surface area contributed by atoms with Crippen LogP contribution in [0.25, 0.3) is 0 Å². The molecule has 82 valence electrons. The molecule has 2 heteroatoms. The van der Waals surface area contributed by atoms with Crippen LogP contribution in [0.1, 0.15) is 46.5 Å². The van der Waals surface area contributed by atoms with Crippen molar-refractivity contribution in [2.24, 2.45) is 0 Å². The minimum Gasteiger partial charge on any atom is -0.118 e. The van der Waals surface area contributed by atoms with E-state index in [1.54, 1.807) is 25.2 Å². The van der Waals surface area contributed by atoms with Gasteiger partial charge in [-0.25, -0.2) is 0 Å². The lowest BCUT2D eigenvalue weighted by Crippen LogP contribution is -2.23. The van der Waals surface area contributed by atoms with Gasteiger partial charge >= 0.3 is 0 Å². The summed E-state index contributed by atoms with van der Waals surface area (Å²) in [6.45, 7) is 7.44. The van der Waals surface area contributed by atoms with Crippen molar-refractivity contribution >= 4 is 16.5 Å². The van der Waals surface area contributed by atoms with E-state index in [9.17, 15) is 0 Å². The van der Waals surface area contributed by atoms with Gasteiger partial charge in [0.15, 0.2) is 0 Å². The van der Waals surface area contributed by atoms with Gasteiger partial charge in [-0.1, -0.05) is 28.7 Å². The Morgan fingerprint density at radius 1 is 1.14 bits per heavy atom. The molecule has 0 saturated carbocycles. The van der Waals surface area contributed by atoms with E-state index in [0.29, 0.717) is 13.1 Å². The summed E-state index contributed by atoms with van der Waals surface area (Å²) >= 11 is 0. The maximum Gasteiger partial charge on any atom is -0.0139 e. The van der Waals surface area contributed by atoms with Gasteiger partial charge in [-0.05, 0) is 54.5 Å². The van der Waals surface area contributed by atoms with E-state index in [4.69, 9.17) is 0 Å². The quantitative estimate of drug-likeness (QED) is 0.590. The summed E-state index contributed by atoms with van der Waals surface area (Å²) in [7, 11) is 1.66. The monoisotopic (exact) mass is 230 g/mol. The summed E-state index contributed by atoms with van der Waals surface area (Å²) in [5.74, 6) is 0. The van der Waals surface area contributed by atoms with E-state index in [2.05, 4.69) is 20.8 Å². The second-order valence-electron chi connectivity index (χ2n) is 5.78. The zero-order chi connectivity index (χ0) is 10.2. The van der Waals surface area contributed by atoms with E-state index >= 15 is 0 Å². The molecule has 14 heavy (non-hydrogen) atoms. The predicted octanol–water partition coefficient (Wildman–Crippen LogP) is 4.27. The molecular formula is C12H24P2. The Morgan fingerprint density at radius 3 is 2.50 bits per heavy atom. The second kappa shape index (κ2) is 4.39. The Kier molecular flexibility index (Phi) is 3.56. The smallest absolute Gasteiger partial charge is 0.0139 e. The van der Waals surface area contributed by atoms with Gasteiger partial charge in [0.1, 0.15) is 0 Å². The third kappa shape index (κ3) is 2.33. The molecule has 2 heterocycles. The van der Waals surface area contributed by atoms with Crippen LogP contribution in [0.2, 0.25) is 0 Å². The molecule has 2 aliphatic rings. The van der Waals surface area contributed by atoms with Crippen molar-refractivity contribution in [3.8, 4) is 0 Å². The minimum atomic E-state index is 0.346. The first-order chi connectivity index (χ1) is 6.59. The first-order valence-electron chi connectivity index (χ1n) is 6.09. The van der Waals surface area contributed by atoms with Gasteiger partial charge in [-0.2, -0.15) is 0 Å². The fourth-order valence-electron chi connectivity index (χ4n) is 3.08. The van der Waals surface area contributed by atoms with Crippen molar-refractivity contribution in [3.05, 3.63) is 0 Å². The Morgan fingerprint density at radius 2 is 1.93 bits per heavy atom. The minimum absolute atomic E-state index is 0.346. The topological polar surface area (TPSA) is 0 Å². The molecule has 0 aromatic rings. The molecule has 1 unspecified atom stereocenters. The lowest BCUT2D eigenvalue weighted by molar-refractivity contribution is 0.684. The highest BCUT2D eigenvalue weighted by Crippen LogP contribution is 2.63. The Hall–Kier alpha value is 0.860. The van der Waals surface area contributed by atoms with Crippen LogP contribution in [0.15, 0.2) is 0 Å². The van der Waals surface area contributed by atoms with Crippen molar-refractivity contribution in [1.29, 1.82) is 0 Å². The molecule has 0 spiro atoms. The SMILES string of the molecule is CC(C)(C)[P@]1CCC[C@@H]1[C@H]1CCCP1. The van der Waals surface area contributed by atoms with Crippen LogP contribution in [0.4, 0.5) is 0 Å². The summed E-state index contributed by atoms with van der Waals surface area (Å²) in [5, 5.41) is 0.629. The third-order valence-corrected chi connectivity index (χ3v) is 9.80. The molecule has 0 bridgehead atoms. The van der Waals surface area contributed by atoms with Crippen LogP contribution in [-0.4, -0.2) is 28.8 Å². The standard InChI is InChI=1S/C12H24P2/c1-12(2,3)14-9-5-7-11(14)10-6-4-8-13-10/h10-11,13H,4-9H2,1-3H3/t10-,11-,14-/m1/s1. The molecule has 0 radical (unpaired) electrons. The van der Waals surface area contributed by atoms with Crippen LogP contribution in [0.3, 0.4) is 0 Å². The van der Waals surface area contributed by atoms with E-state index in [0.717, 1.165) is 11.3 Å². The first-order valence-corrected chi connectivity index (χ1v) is 8.97. The highest BCUT2D eigenvalue weighted by atomic mass is 31.1. The first kappa shape index (κ1) is 11.3. The van der Waals surface area contributed by atoms with Crippen LogP contribution in [-0.2, 0) is 0 Å². The summed E-state index contributed by atoms with van der Waals surface area (Å²) in [5.41, 5.74) is 2.31. The van der Waals surface area contributed by atoms with Crippen molar-refractivity contribution in [3.63, 3.8) is 0 Å². The fourth-order valence-corrected chi connectivity index (χ4v) is 9.16. The summed E-state index contributed by atoms with van der Waals surface area (Å²) in [4.78, 5) is 0. The highest BCUT2D eigenvalue weighted by molar-refractivity contribution is 7.61. The second-order valence-corrected chi connectivity index (χ2v) is 10.8. The molecule has 4 atom stereocenters. The molecule has 2 fully saturated rings. The van der Waals surface area contributed by atoms with Gasteiger partial charge in [0.25, 0.3) is 0 Å². The van der Waals surface area contributed by atoms with Gasteiger partial charge in [-0.3, -0.25) is 0 Å². The van der Waals surface area contributed by atoms with Crippen LogP contribution >= 0.6 is 16.5 Å². The van der Waals surface area contributed by atoms with Crippen LogP contribution in [0.5, 0.6) is 0 Å². The largest absolute Gasteiger partial charge is 0.118 e. The Labute approximate surface area is 92.2 Å². The van der Waals surface area contributed by atoms with Crippen molar-refractivity contribution in [2.75, 3.05) is 12.3 Å². The number of hydrogen-bond donors (Lipinski definition) is 0. The molecule has 2 rings (SSSR count). The van der Waals surface area contributed by atoms with Crippen LogP contribution in [0, 0.1) is 0 Å². The van der Waals surface area contributed by atoms with E-state index < -0.39 is 0 Å². The van der Waals surface area contributed by atoms with E-state index in [1.165, 1.54) is 21.4 Å². The van der Waals surface area contributed by atoms with Crippen molar-refractivity contribution in [2.45, 2.75) is 62.9 Å². The summed E-state index contributed by atoms with van der Waals surface area (Å²) < 4.78 is 0. The average Bonchev–Trinajstić information content (AvgIpc) is 2.73. The highest BCUT2D eigenvalue weighted by Gasteiger charge is 2.39. The summed E-state index contributed by atoms with van der Waals surface area (Å²) in [6, 6.07) is 0. The molecule has 2 aliphatic heterocycles. The van der Waals surface area contributed by atoms with Gasteiger partial charge in [0.2, 0.25) is 0 Å². The molecule has 0 N–H and O–H groups in total. The predicted molar refractivity (Wildman–Crippen MR) is 70.8 cm³/mol. The molecule has 0 aromatic heterocycles. The zero-order valence-corrected chi connectivity index (χ0v) is 11.7. The van der Waals surface area contributed by atoms with Gasteiger partial charge in [0, 0.05) is 0 Å². The molecule has 0 aromatic carbocycles. The maximum atomic E-state index is 2.48. The van der Waals surface area contributed by atoms with Crippen molar-refractivity contribution < 1.29 is 0 Å². The van der Waals surface area contributed by atoms with Crippen LogP contribution < -0.4 is 0 Å². The Balaban J connectivity index is 2.02. The maximum absolute atomic E-state index is 2.48. The fraction of sp³-hybridized carbons (Fsp3) is 1.00. The molecule has 0 aliphatic carbocycles. The number of rotatable bonds is 1. The van der Waals surface area contributed by atoms with Crippen molar-refractivity contribution in [1.82, 2.24) is 0 Å². The summed E-state index contributed by atoms with van der Waals surface area (Å²) in [6.07, 6.45) is 9.33. The van der Waals surface area contributed by atoms with Gasteiger partial charge in [0.05, 0.1) is 0 Å².